The lowest BCUT2D eigenvalue weighted by Gasteiger charge is -2.02. The van der Waals surface area contributed by atoms with Crippen molar-refractivity contribution in [1.82, 2.24) is 4.98 Å². The minimum Gasteiger partial charge on any atom is -0.398 e. The number of hydrogen-bond donors (Lipinski definition) is 1. The van der Waals surface area contributed by atoms with E-state index in [0.717, 1.165) is 28.7 Å². The van der Waals surface area contributed by atoms with E-state index in [1.165, 1.54) is 0 Å². The van der Waals surface area contributed by atoms with Crippen molar-refractivity contribution in [3.63, 3.8) is 0 Å². The molecule has 1 aromatic heterocycles. The maximum atomic E-state index is 5.74. The van der Waals surface area contributed by atoms with Gasteiger partial charge in [-0.1, -0.05) is 13.3 Å². The molecule has 0 unspecified atom stereocenters. The highest BCUT2D eigenvalue weighted by molar-refractivity contribution is 9.10. The number of halogens is 1. The van der Waals surface area contributed by atoms with Crippen LogP contribution in [0.2, 0.25) is 0 Å². The van der Waals surface area contributed by atoms with E-state index in [4.69, 9.17) is 5.73 Å². The van der Waals surface area contributed by atoms with Crippen molar-refractivity contribution in [1.29, 1.82) is 0 Å². The summed E-state index contributed by atoms with van der Waals surface area (Å²) in [6, 6.07) is 1.84. The molecule has 0 fully saturated rings. The number of pyridine rings is 1. The summed E-state index contributed by atoms with van der Waals surface area (Å²) in [6.07, 6.45) is 3.93. The van der Waals surface area contributed by atoms with E-state index in [-0.39, 0.29) is 0 Å². The molecule has 1 heterocycles. The Kier molecular flexibility index (Phi) is 2.88. The number of nitrogens with two attached hydrogens (primary N) is 1. The van der Waals surface area contributed by atoms with Crippen LogP contribution in [-0.4, -0.2) is 4.98 Å². The van der Waals surface area contributed by atoms with Crippen LogP contribution >= 0.6 is 15.9 Å². The first-order valence-electron chi connectivity index (χ1n) is 3.64. The van der Waals surface area contributed by atoms with Gasteiger partial charge in [-0.2, -0.15) is 0 Å². The standard InChI is InChI=1S/C8H11BrN2/c1-2-3-6-5-11-8(9)4-7(6)10/h4-5H,2-3H2,1H3,(H2,10,11). The van der Waals surface area contributed by atoms with Crippen molar-refractivity contribution in [2.75, 3.05) is 5.73 Å². The van der Waals surface area contributed by atoms with E-state index in [1.54, 1.807) is 0 Å². The van der Waals surface area contributed by atoms with E-state index < -0.39 is 0 Å². The molecule has 0 bridgehead atoms. The molecule has 0 saturated heterocycles. The van der Waals surface area contributed by atoms with Crippen LogP contribution in [0.25, 0.3) is 0 Å². The lowest BCUT2D eigenvalue weighted by Crippen LogP contribution is -1.95. The van der Waals surface area contributed by atoms with Gasteiger partial charge in [-0.05, 0) is 34.0 Å². The summed E-state index contributed by atoms with van der Waals surface area (Å²) in [4.78, 5) is 4.10. The Morgan fingerprint density at radius 2 is 2.36 bits per heavy atom. The molecule has 0 amide bonds. The van der Waals surface area contributed by atoms with Crippen LogP contribution in [0, 0.1) is 0 Å². The zero-order valence-electron chi connectivity index (χ0n) is 6.47. The monoisotopic (exact) mass is 214 g/mol. The molecule has 2 nitrogen and oxygen atoms in total. The fourth-order valence-electron chi connectivity index (χ4n) is 0.951. The minimum absolute atomic E-state index is 0.801. The second kappa shape index (κ2) is 3.72. The highest BCUT2D eigenvalue weighted by Gasteiger charge is 1.98. The molecule has 0 aliphatic carbocycles. The smallest absolute Gasteiger partial charge is 0.108 e. The maximum Gasteiger partial charge on any atom is 0.108 e. The van der Waals surface area contributed by atoms with Crippen LogP contribution in [0.15, 0.2) is 16.9 Å². The molecule has 0 spiro atoms. The Morgan fingerprint density at radius 1 is 1.64 bits per heavy atom. The minimum atomic E-state index is 0.801. The van der Waals surface area contributed by atoms with Gasteiger partial charge in [0, 0.05) is 11.9 Å². The normalized spacial score (nSPS) is 10.0. The molecule has 3 heteroatoms. The quantitative estimate of drug-likeness (QED) is 0.769. The van der Waals surface area contributed by atoms with Gasteiger partial charge in [0.1, 0.15) is 4.60 Å². The number of hydrogen-bond acceptors (Lipinski definition) is 2. The zero-order chi connectivity index (χ0) is 8.27. The highest BCUT2D eigenvalue weighted by atomic mass is 79.9. The highest BCUT2D eigenvalue weighted by Crippen LogP contribution is 2.16. The van der Waals surface area contributed by atoms with Crippen LogP contribution in [0.5, 0.6) is 0 Å². The van der Waals surface area contributed by atoms with Crippen LogP contribution in [0.1, 0.15) is 18.9 Å². The maximum absolute atomic E-state index is 5.74. The molecule has 1 aromatic rings. The molecular weight excluding hydrogens is 204 g/mol. The molecule has 0 radical (unpaired) electrons. The van der Waals surface area contributed by atoms with Crippen molar-refractivity contribution in [2.24, 2.45) is 0 Å². The summed E-state index contributed by atoms with van der Waals surface area (Å²) in [5, 5.41) is 0. The topological polar surface area (TPSA) is 38.9 Å². The summed E-state index contributed by atoms with van der Waals surface area (Å²) < 4.78 is 0.801. The summed E-state index contributed by atoms with van der Waals surface area (Å²) in [7, 11) is 0. The second-order valence-corrected chi connectivity index (χ2v) is 3.27. The molecular formula is C8H11BrN2. The van der Waals surface area contributed by atoms with Crippen molar-refractivity contribution >= 4 is 21.6 Å². The lowest BCUT2D eigenvalue weighted by atomic mass is 10.1. The fraction of sp³-hybridized carbons (Fsp3) is 0.375. The Balaban J connectivity index is 2.90. The molecule has 2 N–H and O–H groups in total. The zero-order valence-corrected chi connectivity index (χ0v) is 8.06. The van der Waals surface area contributed by atoms with Crippen molar-refractivity contribution < 1.29 is 0 Å². The lowest BCUT2D eigenvalue weighted by molar-refractivity contribution is 0.915. The van der Waals surface area contributed by atoms with E-state index in [2.05, 4.69) is 27.8 Å². The predicted octanol–water partition coefficient (Wildman–Crippen LogP) is 2.38. The first kappa shape index (κ1) is 8.53. The van der Waals surface area contributed by atoms with Crippen LogP contribution in [0.4, 0.5) is 5.69 Å². The first-order valence-corrected chi connectivity index (χ1v) is 4.43. The summed E-state index contributed by atoms with van der Waals surface area (Å²) in [5.41, 5.74) is 7.70. The van der Waals surface area contributed by atoms with Gasteiger partial charge in [0.25, 0.3) is 0 Å². The molecule has 0 aliphatic heterocycles. The van der Waals surface area contributed by atoms with Gasteiger partial charge in [-0.15, -0.1) is 0 Å². The Labute approximate surface area is 75.0 Å². The van der Waals surface area contributed by atoms with Gasteiger partial charge in [-0.25, -0.2) is 4.98 Å². The van der Waals surface area contributed by atoms with Crippen molar-refractivity contribution in [3.8, 4) is 0 Å². The van der Waals surface area contributed by atoms with E-state index in [9.17, 15) is 0 Å². The summed E-state index contributed by atoms with van der Waals surface area (Å²) in [6.45, 7) is 2.13. The molecule has 0 aromatic carbocycles. The number of aromatic nitrogens is 1. The number of nitrogen functional groups attached to an aromatic ring is 1. The van der Waals surface area contributed by atoms with Gasteiger partial charge in [0.15, 0.2) is 0 Å². The fourth-order valence-corrected chi connectivity index (χ4v) is 1.30. The van der Waals surface area contributed by atoms with Gasteiger partial charge >= 0.3 is 0 Å². The molecule has 1 rings (SSSR count). The predicted molar refractivity (Wildman–Crippen MR) is 50.3 cm³/mol. The number of anilines is 1. The molecule has 60 valence electrons. The average molecular weight is 215 g/mol. The number of rotatable bonds is 2. The Hall–Kier alpha value is -0.570. The van der Waals surface area contributed by atoms with Crippen LogP contribution in [0.3, 0.4) is 0 Å². The van der Waals surface area contributed by atoms with Gasteiger partial charge in [0.2, 0.25) is 0 Å². The molecule has 0 aliphatic rings. The molecule has 0 saturated carbocycles. The third kappa shape index (κ3) is 2.19. The first-order chi connectivity index (χ1) is 5.24. The Morgan fingerprint density at radius 3 is 2.91 bits per heavy atom. The van der Waals surface area contributed by atoms with Crippen molar-refractivity contribution in [2.45, 2.75) is 19.8 Å². The number of aryl methyl sites for hydroxylation is 1. The number of nitrogens with zero attached hydrogens (tertiary/aromatic N) is 1. The van der Waals surface area contributed by atoms with Gasteiger partial charge < -0.3 is 5.73 Å². The molecule has 11 heavy (non-hydrogen) atoms. The van der Waals surface area contributed by atoms with E-state index in [1.807, 2.05) is 12.3 Å². The van der Waals surface area contributed by atoms with E-state index in [0.29, 0.717) is 0 Å². The SMILES string of the molecule is CCCc1cnc(Br)cc1N. The van der Waals surface area contributed by atoms with Gasteiger partial charge in [0.05, 0.1) is 0 Å². The second-order valence-electron chi connectivity index (χ2n) is 2.46. The molecule has 0 atom stereocenters. The van der Waals surface area contributed by atoms with Crippen molar-refractivity contribution in [3.05, 3.63) is 22.4 Å². The third-order valence-corrected chi connectivity index (χ3v) is 1.94. The van der Waals surface area contributed by atoms with Crippen LogP contribution in [-0.2, 0) is 6.42 Å². The summed E-state index contributed by atoms with van der Waals surface area (Å²) >= 11 is 3.26. The Bertz CT molecular complexity index is 248. The largest absolute Gasteiger partial charge is 0.398 e. The third-order valence-electron chi connectivity index (χ3n) is 1.51. The average Bonchev–Trinajstić information content (AvgIpc) is 1.95. The van der Waals surface area contributed by atoms with Crippen LogP contribution < -0.4 is 5.73 Å². The summed E-state index contributed by atoms with van der Waals surface area (Å²) in [5.74, 6) is 0. The van der Waals surface area contributed by atoms with E-state index >= 15 is 0 Å². The van der Waals surface area contributed by atoms with Gasteiger partial charge in [-0.3, -0.25) is 0 Å².